The molecule has 0 spiro atoms. The van der Waals surface area contributed by atoms with Crippen LogP contribution in [0.5, 0.6) is 0 Å². The molecule has 0 aromatic heterocycles. The first-order chi connectivity index (χ1) is 15.1. The number of hydrogen-bond acceptors (Lipinski definition) is 2. The summed E-state index contributed by atoms with van der Waals surface area (Å²) in [7, 11) is 0. The van der Waals surface area contributed by atoms with E-state index >= 15 is 0 Å². The fraction of sp³-hybridized carbons (Fsp3) is 0. The first-order valence-electron chi connectivity index (χ1n) is 9.06. The summed E-state index contributed by atoms with van der Waals surface area (Å²) in [6, 6.07) is 30.3. The second-order valence-corrected chi connectivity index (χ2v) is 7.08. The van der Waals surface area contributed by atoms with Crippen LogP contribution in [0.25, 0.3) is 22.3 Å². The van der Waals surface area contributed by atoms with Gasteiger partial charge in [-0.3, -0.25) is 0 Å². The number of benzene rings is 4. The van der Waals surface area contributed by atoms with Gasteiger partial charge in [-0.05, 0) is 35.4 Å². The maximum Gasteiger partial charge on any atom is 1.00 e. The number of hydrogen-bond donors (Lipinski definition) is 0. The van der Waals surface area contributed by atoms with Crippen molar-refractivity contribution >= 4 is 15.9 Å². The Morgan fingerprint density at radius 1 is 0.656 bits per heavy atom. The van der Waals surface area contributed by atoms with Gasteiger partial charge in [0, 0.05) is 15.6 Å². The molecule has 4 rings (SSSR count). The quantitative estimate of drug-likeness (QED) is 0.194. The molecule has 32 heavy (non-hydrogen) atoms. The van der Waals surface area contributed by atoms with Crippen LogP contribution in [0.4, 0.5) is 8.78 Å². The Morgan fingerprint density at radius 2 is 1.09 bits per heavy atom. The Kier molecular flexibility index (Phi) is 11.6. The van der Waals surface area contributed by atoms with Crippen molar-refractivity contribution in [2.24, 2.45) is 0 Å². The minimum Gasteiger partial charge on any atom is -0.512 e. The van der Waals surface area contributed by atoms with E-state index in [1.807, 2.05) is 72.8 Å². The van der Waals surface area contributed by atoms with Crippen molar-refractivity contribution in [2.45, 2.75) is 0 Å². The van der Waals surface area contributed by atoms with Gasteiger partial charge in [-0.15, -0.1) is 0 Å². The van der Waals surface area contributed by atoms with Gasteiger partial charge < -0.3 is 11.8 Å². The predicted molar refractivity (Wildman–Crippen MR) is 121 cm³/mol. The molecule has 0 aliphatic carbocycles. The summed E-state index contributed by atoms with van der Waals surface area (Å²) in [6.45, 7) is 4.75. The van der Waals surface area contributed by atoms with Crippen LogP contribution in [-0.4, -0.2) is 0 Å². The van der Waals surface area contributed by atoms with Gasteiger partial charge in [-0.25, -0.2) is 8.78 Å². The molecule has 0 fully saturated rings. The molecule has 2 nitrogen and oxygen atoms in total. The first kappa shape index (κ1) is 26.8. The summed E-state index contributed by atoms with van der Waals surface area (Å²) >= 11 is 3.23. The number of halogens is 3. The summed E-state index contributed by atoms with van der Waals surface area (Å²) in [5.41, 5.74) is 3.22. The molecule has 0 aliphatic rings. The Balaban J connectivity index is 0.000000289. The van der Waals surface area contributed by atoms with Gasteiger partial charge in [0.2, 0.25) is 0 Å². The molecule has 0 heterocycles. The molecule has 6 heteroatoms. The molecule has 0 atom stereocenters. The van der Waals surface area contributed by atoms with Crippen LogP contribution in [-0.2, 0) is 17.1 Å². The first-order valence-corrected chi connectivity index (χ1v) is 9.85. The van der Waals surface area contributed by atoms with E-state index in [-0.39, 0.29) is 28.7 Å². The van der Waals surface area contributed by atoms with E-state index in [9.17, 15) is 8.78 Å². The smallest absolute Gasteiger partial charge is 0.512 e. The Bertz CT molecular complexity index is 1190. The van der Waals surface area contributed by atoms with Crippen molar-refractivity contribution in [3.05, 3.63) is 125 Å². The van der Waals surface area contributed by atoms with Crippen LogP contribution >= 0.6 is 15.9 Å². The van der Waals surface area contributed by atoms with E-state index in [0.717, 1.165) is 15.6 Å². The Morgan fingerprint density at radius 3 is 1.50 bits per heavy atom. The fourth-order valence-electron chi connectivity index (χ4n) is 2.78. The molecule has 0 amide bonds. The van der Waals surface area contributed by atoms with E-state index in [0.29, 0.717) is 16.7 Å². The van der Waals surface area contributed by atoms with Gasteiger partial charge in [-0.1, -0.05) is 88.7 Å². The standard InChI is InChI=1S/C13H8FN.C12H8BrF.CN.Cu/c14-13-8-10(9-15)6-7-12(13)11-4-2-1-3-5-11;13-10-6-7-11(12(14)8-10)9-4-2-1-3-5-9;1-2;/h1-8H;1-8H;;/q;;-1;+1. The van der Waals surface area contributed by atoms with Gasteiger partial charge in [0.15, 0.2) is 0 Å². The minimum atomic E-state index is -0.361. The van der Waals surface area contributed by atoms with Crippen LogP contribution < -0.4 is 0 Å². The third kappa shape index (κ3) is 7.45. The van der Waals surface area contributed by atoms with Crippen molar-refractivity contribution < 1.29 is 25.8 Å². The van der Waals surface area contributed by atoms with Crippen molar-refractivity contribution in [3.63, 3.8) is 0 Å². The molecule has 0 N–H and O–H groups in total. The van der Waals surface area contributed by atoms with Crippen molar-refractivity contribution in [3.8, 4) is 28.3 Å². The topological polar surface area (TPSA) is 47.6 Å². The van der Waals surface area contributed by atoms with Gasteiger partial charge in [-0.2, -0.15) is 5.26 Å². The summed E-state index contributed by atoms with van der Waals surface area (Å²) in [6.07, 6.45) is 0. The Hall–Kier alpha value is -3.28. The van der Waals surface area contributed by atoms with E-state index in [1.54, 1.807) is 18.2 Å². The van der Waals surface area contributed by atoms with Crippen molar-refractivity contribution in [1.82, 2.24) is 0 Å². The van der Waals surface area contributed by atoms with E-state index in [1.165, 1.54) is 12.1 Å². The fourth-order valence-corrected chi connectivity index (χ4v) is 3.11. The average Bonchev–Trinajstić information content (AvgIpc) is 2.82. The zero-order valence-electron chi connectivity index (χ0n) is 16.6. The second-order valence-electron chi connectivity index (χ2n) is 6.16. The molecular weight excluding hydrogens is 522 g/mol. The largest absolute Gasteiger partial charge is 1.00 e. The normalized spacial score (nSPS) is 9.00. The summed E-state index contributed by atoms with van der Waals surface area (Å²) in [5.74, 6) is -0.564. The summed E-state index contributed by atoms with van der Waals surface area (Å²) in [5, 5.41) is 14.9. The number of nitriles is 1. The van der Waals surface area contributed by atoms with Gasteiger partial charge in [0.1, 0.15) is 11.6 Å². The van der Waals surface area contributed by atoms with Gasteiger partial charge in [0.05, 0.1) is 11.6 Å². The SMILES string of the molecule is Fc1cc(Br)ccc1-c1ccccc1.N#Cc1ccc(-c2ccccc2)c(F)c1.[C-]#N.[Cu+]. The summed E-state index contributed by atoms with van der Waals surface area (Å²) in [4.78, 5) is 0. The molecular formula is C26H16BrCuF2N2. The van der Waals surface area contributed by atoms with Gasteiger partial charge >= 0.3 is 17.1 Å². The molecule has 0 saturated heterocycles. The van der Waals surface area contributed by atoms with Crippen molar-refractivity contribution in [1.29, 1.82) is 10.5 Å². The summed E-state index contributed by atoms with van der Waals surface area (Å²) < 4.78 is 27.8. The maximum absolute atomic E-state index is 13.6. The monoisotopic (exact) mass is 536 g/mol. The minimum absolute atomic E-state index is 0. The molecule has 162 valence electrons. The Labute approximate surface area is 205 Å². The van der Waals surface area contributed by atoms with Crippen LogP contribution in [0, 0.1) is 34.8 Å². The third-order valence-electron chi connectivity index (χ3n) is 4.20. The van der Waals surface area contributed by atoms with Crippen molar-refractivity contribution in [2.75, 3.05) is 0 Å². The molecule has 0 unspecified atom stereocenters. The number of nitrogens with zero attached hydrogens (tertiary/aromatic N) is 2. The average molecular weight is 538 g/mol. The van der Waals surface area contributed by atoms with Crippen LogP contribution in [0.3, 0.4) is 0 Å². The molecule has 0 saturated carbocycles. The molecule has 4 aromatic rings. The molecule has 0 radical (unpaired) electrons. The predicted octanol–water partition coefficient (Wildman–Crippen LogP) is 7.71. The molecule has 4 aromatic carbocycles. The molecule has 0 aliphatic heterocycles. The second kappa shape index (κ2) is 13.9. The maximum atomic E-state index is 13.6. The molecule has 0 bridgehead atoms. The van der Waals surface area contributed by atoms with E-state index in [4.69, 9.17) is 17.1 Å². The number of rotatable bonds is 2. The van der Waals surface area contributed by atoms with Gasteiger partial charge in [0.25, 0.3) is 0 Å². The van der Waals surface area contributed by atoms with E-state index in [2.05, 4.69) is 15.9 Å². The third-order valence-corrected chi connectivity index (χ3v) is 4.69. The zero-order valence-corrected chi connectivity index (χ0v) is 19.1. The van der Waals surface area contributed by atoms with Crippen LogP contribution in [0.2, 0.25) is 0 Å². The van der Waals surface area contributed by atoms with Crippen LogP contribution in [0.15, 0.2) is 102 Å². The van der Waals surface area contributed by atoms with E-state index < -0.39 is 0 Å². The van der Waals surface area contributed by atoms with Crippen LogP contribution in [0.1, 0.15) is 5.56 Å². The zero-order chi connectivity index (χ0) is 22.6.